The zero-order valence-electron chi connectivity index (χ0n) is 16.7. The van der Waals surface area contributed by atoms with E-state index in [1.54, 1.807) is 0 Å². The smallest absolute Gasteiger partial charge is 0.338 e. The highest BCUT2D eigenvalue weighted by Gasteiger charge is 2.28. The number of esters is 1. The second-order valence-electron chi connectivity index (χ2n) is 8.58. The molecule has 2 aromatic carbocycles. The van der Waals surface area contributed by atoms with E-state index < -0.39 is 0 Å². The summed E-state index contributed by atoms with van der Waals surface area (Å²) in [5.41, 5.74) is 3.32. The predicted octanol–water partition coefficient (Wildman–Crippen LogP) is 4.90. The average molecular weight is 365 g/mol. The molecule has 0 spiro atoms. The van der Waals surface area contributed by atoms with Crippen molar-refractivity contribution >= 4 is 11.9 Å². The summed E-state index contributed by atoms with van der Waals surface area (Å²) < 4.78 is 11.3. The molecular formula is C23H27NO3. The number of benzene rings is 2. The fraction of sp³-hybridized carbons (Fsp3) is 0.391. The second kappa shape index (κ2) is 7.18. The summed E-state index contributed by atoms with van der Waals surface area (Å²) in [4.78, 5) is 17.1. The molecule has 4 heteroatoms. The molecular weight excluding hydrogens is 338 g/mol. The Morgan fingerprint density at radius 1 is 1.11 bits per heavy atom. The topological polar surface area (TPSA) is 47.9 Å². The lowest BCUT2D eigenvalue weighted by Gasteiger charge is -2.19. The fourth-order valence-corrected chi connectivity index (χ4v) is 2.91. The van der Waals surface area contributed by atoms with Gasteiger partial charge in [-0.1, -0.05) is 51.1 Å². The highest BCUT2D eigenvalue weighted by Crippen LogP contribution is 2.24. The van der Waals surface area contributed by atoms with Crippen LogP contribution < -0.4 is 0 Å². The van der Waals surface area contributed by atoms with Crippen LogP contribution in [0.4, 0.5) is 0 Å². The van der Waals surface area contributed by atoms with Crippen molar-refractivity contribution in [3.05, 3.63) is 70.8 Å². The van der Waals surface area contributed by atoms with Crippen molar-refractivity contribution in [1.82, 2.24) is 0 Å². The Kier molecular flexibility index (Phi) is 5.09. The number of aliphatic imine (C=N–C) groups is 1. The Balaban J connectivity index is 1.71. The molecule has 0 saturated heterocycles. The molecule has 0 unspecified atom stereocenters. The molecule has 4 nitrogen and oxygen atoms in total. The van der Waals surface area contributed by atoms with Crippen LogP contribution in [0.5, 0.6) is 0 Å². The Morgan fingerprint density at radius 3 is 2.37 bits per heavy atom. The summed E-state index contributed by atoms with van der Waals surface area (Å²) in [6.45, 7) is 11.2. The number of ether oxygens (including phenoxy) is 2. The molecule has 0 aromatic heterocycles. The van der Waals surface area contributed by atoms with Gasteiger partial charge in [-0.3, -0.25) is 0 Å². The number of carbonyl (C=O) groups excluding carboxylic acids is 1. The molecule has 0 bridgehead atoms. The van der Waals surface area contributed by atoms with Crippen LogP contribution >= 0.6 is 0 Å². The first kappa shape index (κ1) is 19.2. The fourth-order valence-electron chi connectivity index (χ4n) is 2.91. The molecule has 27 heavy (non-hydrogen) atoms. The minimum atomic E-state index is -0.333. The minimum absolute atomic E-state index is 0.0527. The SMILES string of the molecule is CC1(C)COC(c2ccccc2COC(=O)c2ccc(C(C)(C)C)cc2)=N1. The van der Waals surface area contributed by atoms with E-state index in [0.717, 1.165) is 11.1 Å². The Hall–Kier alpha value is -2.62. The lowest BCUT2D eigenvalue weighted by Crippen LogP contribution is -2.17. The predicted molar refractivity (Wildman–Crippen MR) is 107 cm³/mol. The Bertz CT molecular complexity index is 858. The summed E-state index contributed by atoms with van der Waals surface area (Å²) in [6, 6.07) is 15.3. The molecule has 3 rings (SSSR count). The zero-order valence-corrected chi connectivity index (χ0v) is 16.7. The van der Waals surface area contributed by atoms with Crippen LogP contribution in [-0.2, 0) is 21.5 Å². The van der Waals surface area contributed by atoms with Gasteiger partial charge in [0.15, 0.2) is 0 Å². The van der Waals surface area contributed by atoms with Gasteiger partial charge in [-0.05, 0) is 43.0 Å². The minimum Gasteiger partial charge on any atom is -0.475 e. The molecule has 0 N–H and O–H groups in total. The number of hydrogen-bond donors (Lipinski definition) is 0. The third-order valence-corrected chi connectivity index (χ3v) is 4.56. The molecule has 0 saturated carbocycles. The summed E-state index contributed by atoms with van der Waals surface area (Å²) >= 11 is 0. The number of hydrogen-bond acceptors (Lipinski definition) is 4. The molecule has 0 atom stereocenters. The summed E-state index contributed by atoms with van der Waals surface area (Å²) in [6.07, 6.45) is 0. The third-order valence-electron chi connectivity index (χ3n) is 4.56. The molecule has 1 aliphatic rings. The summed E-state index contributed by atoms with van der Waals surface area (Å²) in [7, 11) is 0. The molecule has 2 aromatic rings. The van der Waals surface area contributed by atoms with Crippen LogP contribution in [-0.4, -0.2) is 24.0 Å². The van der Waals surface area contributed by atoms with Crippen molar-refractivity contribution in [3.8, 4) is 0 Å². The Morgan fingerprint density at radius 2 is 1.78 bits per heavy atom. The molecule has 1 heterocycles. The highest BCUT2D eigenvalue weighted by atomic mass is 16.5. The van der Waals surface area contributed by atoms with Gasteiger partial charge in [0, 0.05) is 11.1 Å². The van der Waals surface area contributed by atoms with Crippen LogP contribution in [0.15, 0.2) is 53.5 Å². The van der Waals surface area contributed by atoms with E-state index in [1.165, 1.54) is 5.56 Å². The molecule has 0 fully saturated rings. The first-order valence-electron chi connectivity index (χ1n) is 9.24. The van der Waals surface area contributed by atoms with Crippen molar-refractivity contribution in [2.24, 2.45) is 4.99 Å². The van der Waals surface area contributed by atoms with Gasteiger partial charge in [-0.15, -0.1) is 0 Å². The van der Waals surface area contributed by atoms with Crippen LogP contribution in [0, 0.1) is 0 Å². The van der Waals surface area contributed by atoms with Crippen molar-refractivity contribution in [3.63, 3.8) is 0 Å². The van der Waals surface area contributed by atoms with Crippen molar-refractivity contribution in [2.75, 3.05) is 6.61 Å². The maximum Gasteiger partial charge on any atom is 0.338 e. The van der Waals surface area contributed by atoms with Crippen molar-refractivity contribution < 1.29 is 14.3 Å². The summed E-state index contributed by atoms with van der Waals surface area (Å²) in [5, 5.41) is 0. The summed E-state index contributed by atoms with van der Waals surface area (Å²) in [5.74, 6) is 0.279. The molecule has 0 radical (unpaired) electrons. The average Bonchev–Trinajstić information content (AvgIpc) is 2.99. The maximum atomic E-state index is 12.4. The van der Waals surface area contributed by atoms with Crippen LogP contribution in [0.2, 0.25) is 0 Å². The van der Waals surface area contributed by atoms with E-state index in [4.69, 9.17) is 9.47 Å². The van der Waals surface area contributed by atoms with E-state index in [2.05, 4.69) is 25.8 Å². The van der Waals surface area contributed by atoms with E-state index in [-0.39, 0.29) is 23.5 Å². The van der Waals surface area contributed by atoms with Gasteiger partial charge in [-0.2, -0.15) is 0 Å². The lowest BCUT2D eigenvalue weighted by molar-refractivity contribution is 0.0472. The van der Waals surface area contributed by atoms with Crippen molar-refractivity contribution in [1.29, 1.82) is 0 Å². The van der Waals surface area contributed by atoms with Crippen LogP contribution in [0.1, 0.15) is 61.7 Å². The molecule has 1 aliphatic heterocycles. The lowest BCUT2D eigenvalue weighted by atomic mass is 9.87. The van der Waals surface area contributed by atoms with Gasteiger partial charge in [0.05, 0.1) is 11.1 Å². The molecule has 0 amide bonds. The quantitative estimate of drug-likeness (QED) is 0.724. The normalized spacial score (nSPS) is 15.8. The number of rotatable bonds is 4. The number of carbonyl (C=O) groups is 1. The third kappa shape index (κ3) is 4.57. The van der Waals surface area contributed by atoms with Gasteiger partial charge >= 0.3 is 5.97 Å². The maximum absolute atomic E-state index is 12.4. The molecule has 142 valence electrons. The first-order chi connectivity index (χ1) is 12.7. The second-order valence-corrected chi connectivity index (χ2v) is 8.58. The van der Waals surface area contributed by atoms with E-state index in [1.807, 2.05) is 62.4 Å². The standard InChI is InChI=1S/C23H27NO3/c1-22(2,3)18-12-10-16(11-13-18)21(25)26-14-17-8-6-7-9-19(17)20-24-23(4,5)15-27-20/h6-13H,14-15H2,1-5H3. The Labute approximate surface area is 161 Å². The van der Waals surface area contributed by atoms with Crippen LogP contribution in [0.3, 0.4) is 0 Å². The van der Waals surface area contributed by atoms with E-state index in [9.17, 15) is 4.79 Å². The molecule has 0 aliphatic carbocycles. The van der Waals surface area contributed by atoms with Gasteiger partial charge in [0.25, 0.3) is 0 Å². The van der Waals surface area contributed by atoms with E-state index in [0.29, 0.717) is 18.1 Å². The zero-order chi connectivity index (χ0) is 19.7. The monoisotopic (exact) mass is 365 g/mol. The van der Waals surface area contributed by atoms with Gasteiger partial charge < -0.3 is 9.47 Å². The van der Waals surface area contributed by atoms with E-state index >= 15 is 0 Å². The first-order valence-corrected chi connectivity index (χ1v) is 9.24. The van der Waals surface area contributed by atoms with Crippen LogP contribution in [0.25, 0.3) is 0 Å². The van der Waals surface area contributed by atoms with Gasteiger partial charge in [0.1, 0.15) is 13.2 Å². The number of nitrogens with zero attached hydrogens (tertiary/aromatic N) is 1. The highest BCUT2D eigenvalue weighted by molar-refractivity contribution is 5.97. The largest absolute Gasteiger partial charge is 0.475 e. The van der Waals surface area contributed by atoms with Gasteiger partial charge in [-0.25, -0.2) is 9.79 Å². The van der Waals surface area contributed by atoms with Gasteiger partial charge in [0.2, 0.25) is 5.90 Å². The van der Waals surface area contributed by atoms with Crippen molar-refractivity contribution in [2.45, 2.75) is 52.2 Å².